The third-order valence-electron chi connectivity index (χ3n) is 3.45. The van der Waals surface area contributed by atoms with Gasteiger partial charge in [0.15, 0.2) is 0 Å². The van der Waals surface area contributed by atoms with Crippen LogP contribution in [0.25, 0.3) is 0 Å². The van der Waals surface area contributed by atoms with Gasteiger partial charge in [0.1, 0.15) is 17.8 Å². The Labute approximate surface area is 133 Å². The molecule has 8 heteroatoms. The molecular weight excluding hydrogens is 302 g/mol. The van der Waals surface area contributed by atoms with Gasteiger partial charge in [-0.2, -0.15) is 0 Å². The fourth-order valence-corrected chi connectivity index (χ4v) is 2.30. The zero-order chi connectivity index (χ0) is 17.0. The number of hydrogen-bond donors (Lipinski definition) is 2. The number of rotatable bonds is 6. The number of urea groups is 1. The molecular formula is C15H19N3O5. The lowest BCUT2D eigenvalue weighted by atomic mass is 10.0. The third-order valence-corrected chi connectivity index (χ3v) is 3.45. The van der Waals surface area contributed by atoms with E-state index in [9.17, 15) is 14.4 Å². The molecule has 0 bridgehead atoms. The lowest BCUT2D eigenvalue weighted by molar-refractivity contribution is -0.134. The Balaban J connectivity index is 1.99. The summed E-state index contributed by atoms with van der Waals surface area (Å²) in [6, 6.07) is 6.10. The van der Waals surface area contributed by atoms with Gasteiger partial charge in [0, 0.05) is 12.8 Å². The van der Waals surface area contributed by atoms with Crippen molar-refractivity contribution in [3.8, 4) is 5.75 Å². The highest BCUT2D eigenvalue weighted by molar-refractivity contribution is 6.10. The van der Waals surface area contributed by atoms with E-state index in [1.54, 1.807) is 38.3 Å². The number of hydrogen-bond acceptors (Lipinski definition) is 5. The summed E-state index contributed by atoms with van der Waals surface area (Å²) >= 11 is 0. The second-order valence-corrected chi connectivity index (χ2v) is 5.36. The maximum absolute atomic E-state index is 12.3. The molecule has 1 aliphatic heterocycles. The number of benzene rings is 1. The molecule has 23 heavy (non-hydrogen) atoms. The number of nitrogens with one attached hydrogen (secondary N) is 2. The van der Waals surface area contributed by atoms with E-state index >= 15 is 0 Å². The van der Waals surface area contributed by atoms with Crippen molar-refractivity contribution in [2.75, 3.05) is 32.7 Å². The quantitative estimate of drug-likeness (QED) is 0.748. The second-order valence-electron chi connectivity index (χ2n) is 5.36. The molecule has 1 atom stereocenters. The van der Waals surface area contributed by atoms with Crippen LogP contribution in [0.2, 0.25) is 0 Å². The summed E-state index contributed by atoms with van der Waals surface area (Å²) in [4.78, 5) is 37.1. The van der Waals surface area contributed by atoms with Crippen molar-refractivity contribution in [1.82, 2.24) is 10.2 Å². The van der Waals surface area contributed by atoms with Crippen LogP contribution in [-0.2, 0) is 14.3 Å². The van der Waals surface area contributed by atoms with E-state index in [2.05, 4.69) is 10.6 Å². The van der Waals surface area contributed by atoms with Crippen molar-refractivity contribution in [2.45, 2.75) is 12.5 Å². The summed E-state index contributed by atoms with van der Waals surface area (Å²) in [5.74, 6) is -0.304. The molecule has 4 amide bonds. The number of nitrogens with zero attached hydrogens (tertiary/aromatic N) is 1. The van der Waals surface area contributed by atoms with Crippen LogP contribution in [0, 0.1) is 0 Å². The van der Waals surface area contributed by atoms with E-state index in [1.807, 2.05) is 0 Å². The minimum absolute atomic E-state index is 0.0359. The summed E-state index contributed by atoms with van der Waals surface area (Å²) in [5.41, 5.74) is -0.603. The van der Waals surface area contributed by atoms with Crippen molar-refractivity contribution < 1.29 is 23.9 Å². The second kappa shape index (κ2) is 6.66. The Hall–Kier alpha value is -2.61. The van der Waals surface area contributed by atoms with E-state index < -0.39 is 23.4 Å². The summed E-state index contributed by atoms with van der Waals surface area (Å²) in [7, 11) is 2.98. The van der Waals surface area contributed by atoms with Gasteiger partial charge in [0.25, 0.3) is 5.91 Å². The van der Waals surface area contributed by atoms with Gasteiger partial charge in [0.2, 0.25) is 5.91 Å². The largest absolute Gasteiger partial charge is 0.497 e. The molecule has 8 nitrogen and oxygen atoms in total. The van der Waals surface area contributed by atoms with E-state index in [-0.39, 0.29) is 13.2 Å². The molecule has 1 heterocycles. The molecule has 0 spiro atoms. The number of imide groups is 1. The topological polar surface area (TPSA) is 97.0 Å². The lowest BCUT2D eigenvalue weighted by Gasteiger charge is -2.20. The maximum atomic E-state index is 12.3. The molecule has 2 rings (SSSR count). The minimum atomic E-state index is -1.15. The van der Waals surface area contributed by atoms with Gasteiger partial charge in [-0.25, -0.2) is 4.79 Å². The van der Waals surface area contributed by atoms with E-state index in [4.69, 9.17) is 9.47 Å². The van der Waals surface area contributed by atoms with Crippen LogP contribution in [0.15, 0.2) is 24.3 Å². The Morgan fingerprint density at radius 3 is 2.48 bits per heavy atom. The van der Waals surface area contributed by atoms with Gasteiger partial charge in [-0.3, -0.25) is 14.5 Å². The highest BCUT2D eigenvalue weighted by Crippen LogP contribution is 2.18. The molecule has 0 radical (unpaired) electrons. The van der Waals surface area contributed by atoms with Crippen molar-refractivity contribution in [2.24, 2.45) is 0 Å². The minimum Gasteiger partial charge on any atom is -0.497 e. The van der Waals surface area contributed by atoms with Crippen LogP contribution < -0.4 is 15.4 Å². The predicted octanol–water partition coefficient (Wildman–Crippen LogP) is 0.591. The van der Waals surface area contributed by atoms with Crippen molar-refractivity contribution >= 4 is 23.5 Å². The standard InChI is InChI=1S/C15H19N3O5/c1-15(9-22-2)13(20)18(14(21)17-15)8-12(19)16-10-4-6-11(23-3)7-5-10/h4-7H,8-9H2,1-3H3,(H,16,19)(H,17,21)/t15-/m1/s1. The Kier molecular flexibility index (Phi) is 4.85. The third kappa shape index (κ3) is 3.59. The van der Waals surface area contributed by atoms with Crippen molar-refractivity contribution in [3.05, 3.63) is 24.3 Å². The zero-order valence-corrected chi connectivity index (χ0v) is 13.2. The van der Waals surface area contributed by atoms with Crippen LogP contribution in [0.4, 0.5) is 10.5 Å². The Morgan fingerprint density at radius 1 is 1.26 bits per heavy atom. The Morgan fingerprint density at radius 2 is 1.91 bits per heavy atom. The van der Waals surface area contributed by atoms with Gasteiger partial charge >= 0.3 is 6.03 Å². The normalized spacial score (nSPS) is 20.4. The van der Waals surface area contributed by atoms with Crippen LogP contribution in [0.1, 0.15) is 6.92 Å². The molecule has 1 aromatic rings. The summed E-state index contributed by atoms with van der Waals surface area (Å²) in [6.07, 6.45) is 0. The first-order chi connectivity index (χ1) is 10.9. The predicted molar refractivity (Wildman–Crippen MR) is 82.1 cm³/mol. The molecule has 1 aliphatic rings. The van der Waals surface area contributed by atoms with Gasteiger partial charge in [0.05, 0.1) is 13.7 Å². The Bertz CT molecular complexity index is 616. The number of carbonyl (C=O) groups is 3. The molecule has 124 valence electrons. The SMILES string of the molecule is COC[C@@]1(C)NC(=O)N(CC(=O)Nc2ccc(OC)cc2)C1=O. The number of amides is 4. The molecule has 0 aromatic heterocycles. The average molecular weight is 321 g/mol. The number of anilines is 1. The van der Waals surface area contributed by atoms with Gasteiger partial charge in [-0.05, 0) is 31.2 Å². The molecule has 1 aromatic carbocycles. The fraction of sp³-hybridized carbons (Fsp3) is 0.400. The highest BCUT2D eigenvalue weighted by atomic mass is 16.5. The maximum Gasteiger partial charge on any atom is 0.325 e. The van der Waals surface area contributed by atoms with Crippen LogP contribution in [-0.4, -0.2) is 55.7 Å². The summed E-state index contributed by atoms with van der Waals surface area (Å²) < 4.78 is 9.97. The van der Waals surface area contributed by atoms with Crippen LogP contribution in [0.5, 0.6) is 5.75 Å². The molecule has 0 aliphatic carbocycles. The van der Waals surface area contributed by atoms with Gasteiger partial charge < -0.3 is 20.1 Å². The van der Waals surface area contributed by atoms with E-state index in [0.29, 0.717) is 11.4 Å². The first-order valence-electron chi connectivity index (χ1n) is 6.96. The van der Waals surface area contributed by atoms with Crippen molar-refractivity contribution in [1.29, 1.82) is 0 Å². The monoisotopic (exact) mass is 321 g/mol. The lowest BCUT2D eigenvalue weighted by Crippen LogP contribution is -2.48. The molecule has 1 saturated heterocycles. The van der Waals surface area contributed by atoms with E-state index in [1.165, 1.54) is 7.11 Å². The number of methoxy groups -OCH3 is 2. The molecule has 0 saturated carbocycles. The number of carbonyl (C=O) groups excluding carboxylic acids is 3. The van der Waals surface area contributed by atoms with E-state index in [0.717, 1.165) is 4.90 Å². The summed E-state index contributed by atoms with van der Waals surface area (Å²) in [6.45, 7) is 1.22. The van der Waals surface area contributed by atoms with Crippen LogP contribution in [0.3, 0.4) is 0 Å². The first-order valence-corrected chi connectivity index (χ1v) is 6.96. The number of ether oxygens (including phenoxy) is 2. The van der Waals surface area contributed by atoms with Gasteiger partial charge in [-0.1, -0.05) is 0 Å². The van der Waals surface area contributed by atoms with Crippen LogP contribution >= 0.6 is 0 Å². The first kappa shape index (κ1) is 16.8. The molecule has 2 N–H and O–H groups in total. The molecule has 1 fully saturated rings. The highest BCUT2D eigenvalue weighted by Gasteiger charge is 2.48. The summed E-state index contributed by atoms with van der Waals surface area (Å²) in [5, 5.41) is 5.15. The van der Waals surface area contributed by atoms with Gasteiger partial charge in [-0.15, -0.1) is 0 Å². The molecule has 0 unspecified atom stereocenters. The fourth-order valence-electron chi connectivity index (χ4n) is 2.30. The average Bonchev–Trinajstić information content (AvgIpc) is 2.72. The zero-order valence-electron chi connectivity index (χ0n) is 13.2. The van der Waals surface area contributed by atoms with Crippen molar-refractivity contribution in [3.63, 3.8) is 0 Å². The smallest absolute Gasteiger partial charge is 0.325 e.